The van der Waals surface area contributed by atoms with Gasteiger partial charge in [-0.15, -0.1) is 0 Å². The van der Waals surface area contributed by atoms with Crippen LogP contribution in [0, 0.1) is 6.92 Å². The van der Waals surface area contributed by atoms with Crippen LogP contribution in [0.3, 0.4) is 0 Å². The number of ether oxygens (including phenoxy) is 3. The van der Waals surface area contributed by atoms with Crippen molar-refractivity contribution in [2.24, 2.45) is 0 Å². The number of hydrogen-bond acceptors (Lipinski definition) is 5. The molecule has 2 unspecified atom stereocenters. The first kappa shape index (κ1) is 20.2. The maximum Gasteiger partial charge on any atom is 0.267 e. The Balaban J connectivity index is 1.44. The molecule has 2 amide bonds. The molecule has 2 aliphatic rings. The maximum atomic E-state index is 12.7. The zero-order chi connectivity index (χ0) is 21.1. The van der Waals surface area contributed by atoms with Gasteiger partial charge in [0.15, 0.2) is 6.10 Å². The molecule has 1 N–H and O–H groups in total. The van der Waals surface area contributed by atoms with Crippen molar-refractivity contribution in [2.75, 3.05) is 30.0 Å². The summed E-state index contributed by atoms with van der Waals surface area (Å²) in [6.45, 7) is 5.11. The molecule has 0 aromatic heterocycles. The number of nitrogens with one attached hydrogen (secondary N) is 1. The average molecular weight is 410 g/mol. The summed E-state index contributed by atoms with van der Waals surface area (Å²) < 4.78 is 17.0. The van der Waals surface area contributed by atoms with Crippen molar-refractivity contribution in [1.29, 1.82) is 0 Å². The number of hydrogen-bond donors (Lipinski definition) is 1. The molecule has 7 nitrogen and oxygen atoms in total. The summed E-state index contributed by atoms with van der Waals surface area (Å²) in [5, 5.41) is 2.87. The Labute approximate surface area is 175 Å². The molecule has 30 heavy (non-hydrogen) atoms. The van der Waals surface area contributed by atoms with Crippen molar-refractivity contribution in [2.45, 2.75) is 38.9 Å². The van der Waals surface area contributed by atoms with Crippen molar-refractivity contribution in [1.82, 2.24) is 0 Å². The second-order valence-electron chi connectivity index (χ2n) is 7.58. The van der Waals surface area contributed by atoms with Crippen LogP contribution in [0.4, 0.5) is 11.4 Å². The van der Waals surface area contributed by atoms with Gasteiger partial charge in [0.1, 0.15) is 24.2 Å². The van der Waals surface area contributed by atoms with Gasteiger partial charge in [-0.05, 0) is 51.0 Å². The molecule has 158 valence electrons. The summed E-state index contributed by atoms with van der Waals surface area (Å²) in [6, 6.07) is 13.1. The largest absolute Gasteiger partial charge is 0.492 e. The smallest absolute Gasteiger partial charge is 0.267 e. The van der Waals surface area contributed by atoms with Crippen LogP contribution in [-0.4, -0.2) is 43.8 Å². The lowest BCUT2D eigenvalue weighted by Crippen LogP contribution is -2.46. The van der Waals surface area contributed by atoms with E-state index in [1.807, 2.05) is 31.2 Å². The molecular formula is C23H26N2O5. The molecule has 0 aliphatic carbocycles. The zero-order valence-electron chi connectivity index (χ0n) is 17.2. The lowest BCUT2D eigenvalue weighted by atomic mass is 10.1. The van der Waals surface area contributed by atoms with Gasteiger partial charge < -0.3 is 24.4 Å². The standard InChI is InChI=1S/C23H26N2O5/c1-15-5-8-18(9-6-15)28-13-11-25-19-10-7-17(14-21(19)30-16(2)23(25)27)24-22(26)20-4-3-12-29-20/h5-10,14,16,20H,3-4,11-13H2,1-2H3,(H,24,26). The van der Waals surface area contributed by atoms with Crippen LogP contribution in [0.15, 0.2) is 42.5 Å². The van der Waals surface area contributed by atoms with E-state index in [1.54, 1.807) is 30.0 Å². The van der Waals surface area contributed by atoms with Crippen LogP contribution < -0.4 is 19.7 Å². The van der Waals surface area contributed by atoms with Crippen LogP contribution in [0.5, 0.6) is 11.5 Å². The molecule has 1 saturated heterocycles. The van der Waals surface area contributed by atoms with E-state index >= 15 is 0 Å². The summed E-state index contributed by atoms with van der Waals surface area (Å²) >= 11 is 0. The highest BCUT2D eigenvalue weighted by Crippen LogP contribution is 2.36. The summed E-state index contributed by atoms with van der Waals surface area (Å²) in [5.74, 6) is 1.05. The van der Waals surface area contributed by atoms with E-state index in [0.717, 1.165) is 24.2 Å². The lowest BCUT2D eigenvalue weighted by molar-refractivity contribution is -0.126. The van der Waals surface area contributed by atoms with Gasteiger partial charge in [-0.1, -0.05) is 17.7 Å². The molecular weight excluding hydrogens is 384 g/mol. The Morgan fingerprint density at radius 2 is 2.03 bits per heavy atom. The fourth-order valence-electron chi connectivity index (χ4n) is 3.62. The van der Waals surface area contributed by atoms with Crippen molar-refractivity contribution in [3.8, 4) is 11.5 Å². The normalized spacial score (nSPS) is 20.5. The van der Waals surface area contributed by atoms with E-state index in [4.69, 9.17) is 14.2 Å². The van der Waals surface area contributed by atoms with Gasteiger partial charge in [0.25, 0.3) is 11.8 Å². The number of rotatable bonds is 6. The fraction of sp³-hybridized carbons (Fsp3) is 0.391. The van der Waals surface area contributed by atoms with Gasteiger partial charge in [0.05, 0.1) is 12.2 Å². The first-order valence-corrected chi connectivity index (χ1v) is 10.3. The molecule has 0 radical (unpaired) electrons. The van der Waals surface area contributed by atoms with Crippen molar-refractivity contribution < 1.29 is 23.8 Å². The number of carbonyl (C=O) groups excluding carboxylic acids is 2. The van der Waals surface area contributed by atoms with Crippen LogP contribution in [0.25, 0.3) is 0 Å². The van der Waals surface area contributed by atoms with Crippen molar-refractivity contribution >= 4 is 23.2 Å². The van der Waals surface area contributed by atoms with Crippen molar-refractivity contribution in [3.63, 3.8) is 0 Å². The Kier molecular flexibility index (Phi) is 5.90. The second kappa shape index (κ2) is 8.75. The predicted octanol–water partition coefficient (Wildman–Crippen LogP) is 3.31. The highest BCUT2D eigenvalue weighted by Gasteiger charge is 2.32. The van der Waals surface area contributed by atoms with Gasteiger partial charge in [-0.3, -0.25) is 9.59 Å². The molecule has 1 fully saturated rings. The minimum Gasteiger partial charge on any atom is -0.492 e. The Morgan fingerprint density at radius 3 is 2.77 bits per heavy atom. The third-order valence-electron chi connectivity index (χ3n) is 5.26. The van der Waals surface area contributed by atoms with Gasteiger partial charge in [0, 0.05) is 18.4 Å². The predicted molar refractivity (Wildman–Crippen MR) is 113 cm³/mol. The topological polar surface area (TPSA) is 77.1 Å². The number of nitrogens with zero attached hydrogens (tertiary/aromatic N) is 1. The second-order valence-corrected chi connectivity index (χ2v) is 7.58. The van der Waals surface area contributed by atoms with E-state index in [2.05, 4.69) is 5.32 Å². The Morgan fingerprint density at radius 1 is 1.23 bits per heavy atom. The zero-order valence-corrected chi connectivity index (χ0v) is 17.2. The maximum absolute atomic E-state index is 12.7. The van der Waals surface area contributed by atoms with Gasteiger partial charge in [-0.25, -0.2) is 0 Å². The van der Waals surface area contributed by atoms with E-state index in [0.29, 0.717) is 36.9 Å². The number of amides is 2. The first-order valence-electron chi connectivity index (χ1n) is 10.3. The third-order valence-corrected chi connectivity index (χ3v) is 5.26. The molecule has 2 aliphatic heterocycles. The summed E-state index contributed by atoms with van der Waals surface area (Å²) in [7, 11) is 0. The molecule has 0 spiro atoms. The molecule has 2 aromatic carbocycles. The van der Waals surface area contributed by atoms with Crippen molar-refractivity contribution in [3.05, 3.63) is 48.0 Å². The minimum absolute atomic E-state index is 0.119. The molecule has 4 rings (SSSR count). The molecule has 7 heteroatoms. The number of carbonyl (C=O) groups is 2. The molecule has 0 bridgehead atoms. The van der Waals surface area contributed by atoms with E-state index in [9.17, 15) is 9.59 Å². The first-order chi connectivity index (χ1) is 14.5. The van der Waals surface area contributed by atoms with Crippen LogP contribution in [0.2, 0.25) is 0 Å². The van der Waals surface area contributed by atoms with Gasteiger partial charge in [0.2, 0.25) is 0 Å². The molecule has 2 atom stereocenters. The lowest BCUT2D eigenvalue weighted by Gasteiger charge is -2.33. The average Bonchev–Trinajstić information content (AvgIpc) is 3.27. The molecule has 0 saturated carbocycles. The summed E-state index contributed by atoms with van der Waals surface area (Å²) in [5.41, 5.74) is 2.45. The molecule has 2 aromatic rings. The van der Waals surface area contributed by atoms with Gasteiger partial charge >= 0.3 is 0 Å². The monoisotopic (exact) mass is 410 g/mol. The highest BCUT2D eigenvalue weighted by atomic mass is 16.5. The van der Waals surface area contributed by atoms with Gasteiger partial charge in [-0.2, -0.15) is 0 Å². The minimum atomic E-state index is -0.610. The number of aryl methyl sites for hydroxylation is 1. The SMILES string of the molecule is Cc1ccc(OCCN2C(=O)C(C)Oc3cc(NC(=O)C4CCCO4)ccc32)cc1. The number of anilines is 2. The van der Waals surface area contributed by atoms with E-state index in [1.165, 1.54) is 0 Å². The van der Waals surface area contributed by atoms with E-state index < -0.39 is 12.2 Å². The fourth-order valence-corrected chi connectivity index (χ4v) is 3.62. The summed E-state index contributed by atoms with van der Waals surface area (Å²) in [4.78, 5) is 26.6. The Bertz CT molecular complexity index is 922. The number of benzene rings is 2. The summed E-state index contributed by atoms with van der Waals surface area (Å²) in [6.07, 6.45) is 0.608. The van der Waals surface area contributed by atoms with E-state index in [-0.39, 0.29) is 11.8 Å². The molecule has 2 heterocycles. The van der Waals surface area contributed by atoms with Crippen LogP contribution in [-0.2, 0) is 14.3 Å². The highest BCUT2D eigenvalue weighted by molar-refractivity contribution is 6.01. The number of fused-ring (bicyclic) bond motifs is 1. The third kappa shape index (κ3) is 4.41. The van der Waals surface area contributed by atoms with Crippen LogP contribution in [0.1, 0.15) is 25.3 Å². The quantitative estimate of drug-likeness (QED) is 0.791. The van der Waals surface area contributed by atoms with Crippen LogP contribution >= 0.6 is 0 Å². The Hall–Kier alpha value is -3.06.